The summed E-state index contributed by atoms with van der Waals surface area (Å²) in [6.45, 7) is 0.729. The van der Waals surface area contributed by atoms with Crippen molar-refractivity contribution in [2.45, 2.75) is 6.54 Å². The van der Waals surface area contributed by atoms with Crippen molar-refractivity contribution in [2.75, 3.05) is 0 Å². The van der Waals surface area contributed by atoms with Gasteiger partial charge >= 0.3 is 0 Å². The van der Waals surface area contributed by atoms with E-state index in [0.29, 0.717) is 11.3 Å². The van der Waals surface area contributed by atoms with Crippen LogP contribution in [0.5, 0.6) is 0 Å². The highest BCUT2D eigenvalue weighted by atomic mass is 16.1. The molecule has 0 saturated carbocycles. The number of nitrogens with zero attached hydrogens (tertiary/aromatic N) is 3. The molecule has 4 rings (SSSR count). The van der Waals surface area contributed by atoms with E-state index in [1.165, 1.54) is 10.2 Å². The van der Waals surface area contributed by atoms with E-state index in [0.717, 1.165) is 12.2 Å². The zero-order valence-electron chi connectivity index (χ0n) is 12.5. The average Bonchev–Trinajstić information content (AvgIpc) is 2.93. The summed E-state index contributed by atoms with van der Waals surface area (Å²) in [5.74, 6) is 0. The standard InChI is InChI=1S/C19H15N3O/c23-19-17-14-21(13-15-7-3-1-4-8-15)12-11-18(17)20-22(19)16-9-5-2-6-10-16/h1-12,14H,13H2. The van der Waals surface area contributed by atoms with E-state index in [9.17, 15) is 4.79 Å². The molecular weight excluding hydrogens is 286 g/mol. The summed E-state index contributed by atoms with van der Waals surface area (Å²) in [7, 11) is 0. The zero-order chi connectivity index (χ0) is 15.6. The predicted octanol–water partition coefficient (Wildman–Crippen LogP) is 3.19. The molecule has 0 amide bonds. The number of rotatable bonds is 3. The molecule has 23 heavy (non-hydrogen) atoms. The van der Waals surface area contributed by atoms with Crippen molar-refractivity contribution in [3.63, 3.8) is 0 Å². The number of hydrogen-bond donors (Lipinski definition) is 0. The number of aromatic nitrogens is 3. The zero-order valence-corrected chi connectivity index (χ0v) is 12.5. The molecule has 0 saturated heterocycles. The first-order chi connectivity index (χ1) is 11.3. The van der Waals surface area contributed by atoms with Crippen LogP contribution in [0.1, 0.15) is 5.56 Å². The molecule has 2 aliphatic rings. The van der Waals surface area contributed by atoms with Gasteiger partial charge in [0.2, 0.25) is 0 Å². The smallest absolute Gasteiger partial charge is 0.282 e. The molecule has 4 heteroatoms. The Labute approximate surface area is 133 Å². The van der Waals surface area contributed by atoms with Crippen LogP contribution in [0.15, 0.2) is 83.9 Å². The van der Waals surface area contributed by atoms with E-state index in [-0.39, 0.29) is 5.56 Å². The molecule has 0 N–H and O–H groups in total. The Kier molecular flexibility index (Phi) is 3.27. The summed E-state index contributed by atoms with van der Waals surface area (Å²) in [6.07, 6.45) is 3.83. The second kappa shape index (κ2) is 5.57. The quantitative estimate of drug-likeness (QED) is 0.583. The lowest BCUT2D eigenvalue weighted by Crippen LogP contribution is -2.14. The topological polar surface area (TPSA) is 39.8 Å². The fourth-order valence-corrected chi connectivity index (χ4v) is 2.69. The van der Waals surface area contributed by atoms with E-state index in [1.807, 2.05) is 71.6 Å². The molecule has 2 aliphatic heterocycles. The van der Waals surface area contributed by atoms with Gasteiger partial charge in [0.1, 0.15) is 0 Å². The highest BCUT2D eigenvalue weighted by Gasteiger charge is 2.15. The average molecular weight is 301 g/mol. The van der Waals surface area contributed by atoms with Crippen LogP contribution >= 0.6 is 0 Å². The minimum atomic E-state index is -0.0892. The Hall–Kier alpha value is -3.14. The SMILES string of the molecule is O=c1c2cn(Cc3ccccc3)ccc-2nn1-c1ccccc1. The Morgan fingerprint density at radius 2 is 1.57 bits per heavy atom. The van der Waals surface area contributed by atoms with Crippen LogP contribution < -0.4 is 5.56 Å². The fourth-order valence-electron chi connectivity index (χ4n) is 2.69. The molecule has 0 atom stereocenters. The van der Waals surface area contributed by atoms with Crippen molar-refractivity contribution in [3.8, 4) is 16.9 Å². The van der Waals surface area contributed by atoms with Crippen molar-refractivity contribution in [1.82, 2.24) is 14.3 Å². The Morgan fingerprint density at radius 3 is 2.30 bits per heavy atom. The van der Waals surface area contributed by atoms with Gasteiger partial charge in [-0.1, -0.05) is 48.5 Å². The Balaban J connectivity index is 1.77. The normalized spacial score (nSPS) is 11.0. The fraction of sp³-hybridized carbons (Fsp3) is 0.0526. The minimum absolute atomic E-state index is 0.0892. The summed E-state index contributed by atoms with van der Waals surface area (Å²) < 4.78 is 3.47. The van der Waals surface area contributed by atoms with Crippen molar-refractivity contribution in [3.05, 3.63) is 95.0 Å². The molecule has 2 aromatic carbocycles. The number of hydrogen-bond acceptors (Lipinski definition) is 2. The highest BCUT2D eigenvalue weighted by Crippen LogP contribution is 2.17. The molecule has 2 aromatic rings. The summed E-state index contributed by atoms with van der Waals surface area (Å²) in [5, 5.41) is 4.42. The number of pyridine rings is 1. The van der Waals surface area contributed by atoms with Gasteiger partial charge in [0.25, 0.3) is 5.56 Å². The van der Waals surface area contributed by atoms with E-state index in [2.05, 4.69) is 17.2 Å². The maximum absolute atomic E-state index is 12.6. The molecule has 0 radical (unpaired) electrons. The van der Waals surface area contributed by atoms with Gasteiger partial charge < -0.3 is 4.57 Å². The first kappa shape index (κ1) is 13.5. The van der Waals surface area contributed by atoms with E-state index < -0.39 is 0 Å². The van der Waals surface area contributed by atoms with Crippen molar-refractivity contribution in [1.29, 1.82) is 0 Å². The van der Waals surface area contributed by atoms with Crippen molar-refractivity contribution < 1.29 is 0 Å². The maximum Gasteiger partial charge on any atom is 0.282 e. The molecule has 0 fully saturated rings. The van der Waals surface area contributed by atoms with Crippen LogP contribution in [0.4, 0.5) is 0 Å². The van der Waals surface area contributed by atoms with Crippen LogP contribution in [0.25, 0.3) is 16.9 Å². The van der Waals surface area contributed by atoms with Crippen LogP contribution in [0.3, 0.4) is 0 Å². The molecular formula is C19H15N3O. The van der Waals surface area contributed by atoms with Gasteiger partial charge in [0.05, 0.1) is 16.9 Å². The van der Waals surface area contributed by atoms with E-state index >= 15 is 0 Å². The monoisotopic (exact) mass is 301 g/mol. The molecule has 0 aliphatic carbocycles. The Morgan fingerprint density at radius 1 is 0.870 bits per heavy atom. The number of benzene rings is 2. The lowest BCUT2D eigenvalue weighted by molar-refractivity contribution is 0.791. The third-order valence-corrected chi connectivity index (χ3v) is 3.83. The minimum Gasteiger partial charge on any atom is -0.349 e. The van der Waals surface area contributed by atoms with Gasteiger partial charge in [0, 0.05) is 18.9 Å². The summed E-state index contributed by atoms with van der Waals surface area (Å²) in [5.41, 5.74) is 3.23. The molecule has 112 valence electrons. The number of fused-ring (bicyclic) bond motifs is 1. The molecule has 0 unspecified atom stereocenters. The van der Waals surface area contributed by atoms with Crippen LogP contribution in [0, 0.1) is 0 Å². The summed E-state index contributed by atoms with van der Waals surface area (Å²) in [4.78, 5) is 12.6. The van der Waals surface area contributed by atoms with Gasteiger partial charge in [-0.05, 0) is 23.8 Å². The Bertz CT molecular complexity index is 955. The van der Waals surface area contributed by atoms with Crippen molar-refractivity contribution >= 4 is 0 Å². The lowest BCUT2D eigenvalue weighted by atomic mass is 10.2. The van der Waals surface area contributed by atoms with E-state index in [4.69, 9.17) is 0 Å². The predicted molar refractivity (Wildman–Crippen MR) is 90.0 cm³/mol. The van der Waals surface area contributed by atoms with Crippen LogP contribution in [-0.4, -0.2) is 14.3 Å². The van der Waals surface area contributed by atoms with Gasteiger partial charge in [-0.15, -0.1) is 0 Å². The summed E-state index contributed by atoms with van der Waals surface area (Å²) >= 11 is 0. The molecule has 0 bridgehead atoms. The summed E-state index contributed by atoms with van der Waals surface area (Å²) in [6, 6.07) is 21.5. The van der Waals surface area contributed by atoms with Gasteiger partial charge in [0.15, 0.2) is 0 Å². The second-order valence-electron chi connectivity index (χ2n) is 5.45. The van der Waals surface area contributed by atoms with Crippen molar-refractivity contribution in [2.24, 2.45) is 0 Å². The third kappa shape index (κ3) is 2.55. The molecule has 2 heterocycles. The van der Waals surface area contributed by atoms with Crippen LogP contribution in [0.2, 0.25) is 0 Å². The van der Waals surface area contributed by atoms with Gasteiger partial charge in [-0.3, -0.25) is 4.79 Å². The molecule has 4 nitrogen and oxygen atoms in total. The first-order valence-electron chi connectivity index (χ1n) is 7.49. The number of para-hydroxylation sites is 1. The third-order valence-electron chi connectivity index (χ3n) is 3.83. The lowest BCUT2D eigenvalue weighted by Gasteiger charge is -2.07. The molecule has 0 spiro atoms. The van der Waals surface area contributed by atoms with Crippen LogP contribution in [-0.2, 0) is 6.54 Å². The highest BCUT2D eigenvalue weighted by molar-refractivity contribution is 5.59. The molecule has 0 aromatic heterocycles. The van der Waals surface area contributed by atoms with E-state index in [1.54, 1.807) is 0 Å². The largest absolute Gasteiger partial charge is 0.349 e. The first-order valence-corrected chi connectivity index (χ1v) is 7.49. The van der Waals surface area contributed by atoms with Gasteiger partial charge in [-0.25, -0.2) is 0 Å². The maximum atomic E-state index is 12.6. The van der Waals surface area contributed by atoms with Gasteiger partial charge in [-0.2, -0.15) is 9.78 Å². The second-order valence-corrected chi connectivity index (χ2v) is 5.45.